The highest BCUT2D eigenvalue weighted by Crippen LogP contribution is 2.30. The van der Waals surface area contributed by atoms with Crippen molar-refractivity contribution in [3.63, 3.8) is 0 Å². The maximum Gasteiger partial charge on any atom is 0.119 e. The summed E-state index contributed by atoms with van der Waals surface area (Å²) < 4.78 is 5.58. The van der Waals surface area contributed by atoms with E-state index in [2.05, 4.69) is 51.2 Å². The minimum Gasteiger partial charge on any atom is -0.494 e. The van der Waals surface area contributed by atoms with Gasteiger partial charge in [0, 0.05) is 6.04 Å². The summed E-state index contributed by atoms with van der Waals surface area (Å²) in [6.07, 6.45) is 1.12. The third-order valence-electron chi connectivity index (χ3n) is 2.84. The lowest BCUT2D eigenvalue weighted by Crippen LogP contribution is -2.25. The first-order valence-electron chi connectivity index (χ1n) is 6.92. The highest BCUT2D eigenvalue weighted by atomic mass is 16.5. The molecule has 1 unspecified atom stereocenters. The van der Waals surface area contributed by atoms with Crippen molar-refractivity contribution in [1.29, 1.82) is 0 Å². The van der Waals surface area contributed by atoms with Crippen LogP contribution in [0.15, 0.2) is 24.3 Å². The quantitative estimate of drug-likeness (QED) is 0.817. The van der Waals surface area contributed by atoms with Crippen LogP contribution in [0, 0.1) is 5.41 Å². The molecule has 2 heteroatoms. The van der Waals surface area contributed by atoms with Crippen LogP contribution >= 0.6 is 0 Å². The Balaban J connectivity index is 2.87. The van der Waals surface area contributed by atoms with Gasteiger partial charge in [0.25, 0.3) is 0 Å². The number of nitrogens with one attached hydrogen (secondary N) is 1. The van der Waals surface area contributed by atoms with Crippen molar-refractivity contribution in [3.05, 3.63) is 29.8 Å². The fourth-order valence-corrected chi connectivity index (χ4v) is 2.15. The topological polar surface area (TPSA) is 21.3 Å². The molecular formula is C16H27NO. The molecular weight excluding hydrogens is 222 g/mol. The molecule has 1 N–H and O–H groups in total. The molecule has 0 aliphatic carbocycles. The van der Waals surface area contributed by atoms with E-state index in [1.165, 1.54) is 5.56 Å². The largest absolute Gasteiger partial charge is 0.494 e. The standard InChI is InChI=1S/C16H27NO/c1-6-17-15(12-16(3,4)5)13-9-8-10-14(11-13)18-7-2/h8-11,15,17H,6-7,12H2,1-5H3. The van der Waals surface area contributed by atoms with Crippen LogP contribution in [-0.4, -0.2) is 13.2 Å². The average Bonchev–Trinajstić information content (AvgIpc) is 2.28. The van der Waals surface area contributed by atoms with Crippen LogP contribution < -0.4 is 10.1 Å². The summed E-state index contributed by atoms with van der Waals surface area (Å²) in [6, 6.07) is 8.83. The molecule has 1 aromatic carbocycles. The fourth-order valence-electron chi connectivity index (χ4n) is 2.15. The Hall–Kier alpha value is -1.02. The van der Waals surface area contributed by atoms with Crippen molar-refractivity contribution in [3.8, 4) is 5.75 Å². The second kappa shape index (κ2) is 6.79. The van der Waals surface area contributed by atoms with E-state index in [1.54, 1.807) is 0 Å². The van der Waals surface area contributed by atoms with E-state index in [1.807, 2.05) is 13.0 Å². The Morgan fingerprint density at radius 1 is 1.22 bits per heavy atom. The number of rotatable bonds is 6. The lowest BCUT2D eigenvalue weighted by Gasteiger charge is -2.27. The summed E-state index contributed by atoms with van der Waals surface area (Å²) in [6.45, 7) is 12.7. The van der Waals surface area contributed by atoms with Crippen molar-refractivity contribution in [1.82, 2.24) is 5.32 Å². The molecule has 102 valence electrons. The zero-order valence-corrected chi connectivity index (χ0v) is 12.4. The van der Waals surface area contributed by atoms with Crippen LogP contribution in [0.5, 0.6) is 5.75 Å². The Morgan fingerprint density at radius 3 is 2.50 bits per heavy atom. The molecule has 0 spiro atoms. The SMILES string of the molecule is CCNC(CC(C)(C)C)c1cccc(OCC)c1. The zero-order chi connectivity index (χ0) is 13.6. The van der Waals surface area contributed by atoms with Crippen LogP contribution in [0.4, 0.5) is 0 Å². The maximum atomic E-state index is 5.58. The summed E-state index contributed by atoms with van der Waals surface area (Å²) in [4.78, 5) is 0. The third-order valence-corrected chi connectivity index (χ3v) is 2.84. The molecule has 0 radical (unpaired) electrons. The van der Waals surface area contributed by atoms with Crippen molar-refractivity contribution in [2.45, 2.75) is 47.1 Å². The van der Waals surface area contributed by atoms with Gasteiger partial charge in [-0.2, -0.15) is 0 Å². The summed E-state index contributed by atoms with van der Waals surface area (Å²) in [5.41, 5.74) is 1.63. The van der Waals surface area contributed by atoms with Crippen molar-refractivity contribution in [2.24, 2.45) is 5.41 Å². The summed E-state index contributed by atoms with van der Waals surface area (Å²) in [5.74, 6) is 0.965. The monoisotopic (exact) mass is 249 g/mol. The van der Waals surface area contributed by atoms with Gasteiger partial charge in [0.05, 0.1) is 6.61 Å². The van der Waals surface area contributed by atoms with E-state index in [-0.39, 0.29) is 0 Å². The van der Waals surface area contributed by atoms with Gasteiger partial charge in [-0.25, -0.2) is 0 Å². The van der Waals surface area contributed by atoms with Crippen molar-refractivity contribution < 1.29 is 4.74 Å². The predicted octanol–water partition coefficient (Wildman–Crippen LogP) is 4.17. The van der Waals surface area contributed by atoms with E-state index < -0.39 is 0 Å². The first kappa shape index (κ1) is 15.0. The van der Waals surface area contributed by atoms with Gasteiger partial charge in [0.1, 0.15) is 5.75 Å². The van der Waals surface area contributed by atoms with E-state index in [0.717, 1.165) is 18.7 Å². The molecule has 0 aliphatic heterocycles. The Labute approximate surface area is 112 Å². The van der Waals surface area contributed by atoms with Crippen LogP contribution in [0.25, 0.3) is 0 Å². The molecule has 0 aromatic heterocycles. The first-order chi connectivity index (χ1) is 8.46. The third kappa shape index (κ3) is 5.09. The van der Waals surface area contributed by atoms with Crippen molar-refractivity contribution >= 4 is 0 Å². The number of hydrogen-bond donors (Lipinski definition) is 1. The van der Waals surface area contributed by atoms with Gasteiger partial charge in [0.2, 0.25) is 0 Å². The van der Waals surface area contributed by atoms with Crippen LogP contribution in [0.1, 0.15) is 52.6 Å². The Bertz CT molecular complexity index is 354. The first-order valence-corrected chi connectivity index (χ1v) is 6.92. The smallest absolute Gasteiger partial charge is 0.119 e. The number of benzene rings is 1. The van der Waals surface area contributed by atoms with E-state index in [4.69, 9.17) is 4.74 Å². The summed E-state index contributed by atoms with van der Waals surface area (Å²) in [7, 11) is 0. The zero-order valence-electron chi connectivity index (χ0n) is 12.4. The van der Waals surface area contributed by atoms with Gasteiger partial charge in [0.15, 0.2) is 0 Å². The number of ether oxygens (including phenoxy) is 1. The molecule has 0 saturated carbocycles. The lowest BCUT2D eigenvalue weighted by molar-refractivity contribution is 0.311. The molecule has 0 fully saturated rings. The molecule has 2 nitrogen and oxygen atoms in total. The molecule has 1 aromatic rings. The molecule has 0 bridgehead atoms. The highest BCUT2D eigenvalue weighted by Gasteiger charge is 2.19. The minimum atomic E-state index is 0.314. The second-order valence-electron chi connectivity index (χ2n) is 5.88. The molecule has 0 saturated heterocycles. The van der Waals surface area contributed by atoms with Gasteiger partial charge in [-0.05, 0) is 43.0 Å². The molecule has 0 heterocycles. The minimum absolute atomic E-state index is 0.314. The van der Waals surface area contributed by atoms with E-state index in [0.29, 0.717) is 18.1 Å². The summed E-state index contributed by atoms with van der Waals surface area (Å²) in [5, 5.41) is 3.57. The Morgan fingerprint density at radius 2 is 1.94 bits per heavy atom. The van der Waals surface area contributed by atoms with Gasteiger partial charge >= 0.3 is 0 Å². The highest BCUT2D eigenvalue weighted by molar-refractivity contribution is 5.30. The van der Waals surface area contributed by atoms with Gasteiger partial charge in [-0.1, -0.05) is 39.8 Å². The van der Waals surface area contributed by atoms with Crippen molar-refractivity contribution in [2.75, 3.05) is 13.2 Å². The summed E-state index contributed by atoms with van der Waals surface area (Å²) >= 11 is 0. The van der Waals surface area contributed by atoms with E-state index >= 15 is 0 Å². The predicted molar refractivity (Wildman–Crippen MR) is 78.1 cm³/mol. The molecule has 1 rings (SSSR count). The van der Waals surface area contributed by atoms with Crippen LogP contribution in [-0.2, 0) is 0 Å². The van der Waals surface area contributed by atoms with Gasteiger partial charge in [-0.3, -0.25) is 0 Å². The average molecular weight is 249 g/mol. The number of hydrogen-bond acceptors (Lipinski definition) is 2. The molecule has 18 heavy (non-hydrogen) atoms. The fraction of sp³-hybridized carbons (Fsp3) is 0.625. The van der Waals surface area contributed by atoms with Gasteiger partial charge in [-0.15, -0.1) is 0 Å². The molecule has 0 aliphatic rings. The lowest BCUT2D eigenvalue weighted by atomic mass is 9.85. The van der Waals surface area contributed by atoms with Gasteiger partial charge < -0.3 is 10.1 Å². The molecule has 0 amide bonds. The van der Waals surface area contributed by atoms with Crippen LogP contribution in [0.2, 0.25) is 0 Å². The van der Waals surface area contributed by atoms with Crippen LogP contribution in [0.3, 0.4) is 0 Å². The van der Waals surface area contributed by atoms with E-state index in [9.17, 15) is 0 Å². The Kier molecular flexibility index (Phi) is 5.67. The molecule has 1 atom stereocenters. The second-order valence-corrected chi connectivity index (χ2v) is 5.88. The maximum absolute atomic E-state index is 5.58. The normalized spacial score (nSPS) is 13.4.